The first-order valence-corrected chi connectivity index (χ1v) is 9.16. The summed E-state index contributed by atoms with van der Waals surface area (Å²) in [7, 11) is 5.17. The van der Waals surface area contributed by atoms with Crippen LogP contribution in [0.25, 0.3) is 10.2 Å². The Hall–Kier alpha value is -2.66. The zero-order valence-electron chi connectivity index (χ0n) is 15.7. The first kappa shape index (κ1) is 20.6. The summed E-state index contributed by atoms with van der Waals surface area (Å²) in [6.07, 6.45) is 0.0923. The third-order valence-electron chi connectivity index (χ3n) is 3.48. The lowest BCUT2D eigenvalue weighted by atomic mass is 10.4. The van der Waals surface area contributed by atoms with E-state index in [-0.39, 0.29) is 17.3 Å². The molecule has 2 amide bonds. The quantitative estimate of drug-likeness (QED) is 0.542. The van der Waals surface area contributed by atoms with Crippen LogP contribution in [0, 0.1) is 0 Å². The molecule has 2 N–H and O–H groups in total. The lowest BCUT2D eigenvalue weighted by molar-refractivity contribution is 0.0606. The fourth-order valence-corrected chi connectivity index (χ4v) is 3.26. The first-order valence-electron chi connectivity index (χ1n) is 8.35. The third-order valence-corrected chi connectivity index (χ3v) is 4.59. The standard InChI is InChI=1S/C16H23N5O5S/c1-5-26-16(24)21-10-9-11(14(22)25-4)27-12(10)13(19-21)18-15(23)17-7-6-8-20(2)3/h9H,5-8H2,1-4H3,(H2,17,18,19,23). The molecule has 10 nitrogen and oxygen atoms in total. The van der Waals surface area contributed by atoms with E-state index in [4.69, 9.17) is 9.47 Å². The van der Waals surface area contributed by atoms with E-state index < -0.39 is 18.1 Å². The number of rotatable bonds is 7. The van der Waals surface area contributed by atoms with E-state index >= 15 is 0 Å². The van der Waals surface area contributed by atoms with Gasteiger partial charge in [-0.25, -0.2) is 14.4 Å². The van der Waals surface area contributed by atoms with Crippen LogP contribution < -0.4 is 10.6 Å². The molecule has 0 aliphatic heterocycles. The number of methoxy groups -OCH3 is 1. The van der Waals surface area contributed by atoms with Crippen LogP contribution in [0.3, 0.4) is 0 Å². The zero-order chi connectivity index (χ0) is 20.0. The summed E-state index contributed by atoms with van der Waals surface area (Å²) < 4.78 is 11.2. The van der Waals surface area contributed by atoms with Gasteiger partial charge in [-0.2, -0.15) is 4.68 Å². The van der Waals surface area contributed by atoms with Crippen molar-refractivity contribution in [2.24, 2.45) is 0 Å². The van der Waals surface area contributed by atoms with Crippen molar-refractivity contribution in [2.45, 2.75) is 13.3 Å². The number of aromatic nitrogens is 2. The molecule has 11 heteroatoms. The largest absolute Gasteiger partial charge is 0.465 e. The highest BCUT2D eigenvalue weighted by atomic mass is 32.1. The van der Waals surface area contributed by atoms with E-state index in [1.807, 2.05) is 19.0 Å². The van der Waals surface area contributed by atoms with Gasteiger partial charge in [0.05, 0.1) is 23.9 Å². The van der Waals surface area contributed by atoms with Gasteiger partial charge in [0, 0.05) is 6.54 Å². The highest BCUT2D eigenvalue weighted by Gasteiger charge is 2.23. The molecule has 148 valence electrons. The molecule has 0 bridgehead atoms. The van der Waals surface area contributed by atoms with E-state index in [1.54, 1.807) is 6.92 Å². The summed E-state index contributed by atoms with van der Waals surface area (Å²) >= 11 is 1.07. The van der Waals surface area contributed by atoms with Gasteiger partial charge < -0.3 is 19.7 Å². The molecule has 0 aliphatic rings. The van der Waals surface area contributed by atoms with Crippen molar-refractivity contribution in [3.63, 3.8) is 0 Å². The summed E-state index contributed by atoms with van der Waals surface area (Å²) in [5.41, 5.74) is 0.363. The normalized spacial score (nSPS) is 10.9. The Bertz CT molecular complexity index is 829. The average Bonchev–Trinajstić information content (AvgIpc) is 3.18. The molecule has 0 spiro atoms. The predicted octanol–water partition coefficient (Wildman–Crippen LogP) is 1.96. The molecule has 2 aromatic rings. The fraction of sp³-hybridized carbons (Fsp3) is 0.500. The van der Waals surface area contributed by atoms with E-state index in [0.29, 0.717) is 16.8 Å². The number of carbonyl (C=O) groups is 3. The number of amides is 2. The van der Waals surface area contributed by atoms with Crippen molar-refractivity contribution in [1.29, 1.82) is 0 Å². The van der Waals surface area contributed by atoms with Crippen molar-refractivity contribution in [3.8, 4) is 0 Å². The maximum absolute atomic E-state index is 12.1. The van der Waals surface area contributed by atoms with Crippen molar-refractivity contribution >= 4 is 45.5 Å². The van der Waals surface area contributed by atoms with Gasteiger partial charge in [0.2, 0.25) is 0 Å². The molecular formula is C16H23N5O5S. The number of thiophene rings is 1. The number of hydrogen-bond acceptors (Lipinski definition) is 8. The Balaban J connectivity index is 2.21. The topological polar surface area (TPSA) is 115 Å². The maximum Gasteiger partial charge on any atom is 0.435 e. The molecule has 0 radical (unpaired) electrons. The van der Waals surface area contributed by atoms with Gasteiger partial charge in [0.15, 0.2) is 5.82 Å². The molecule has 0 fully saturated rings. The van der Waals surface area contributed by atoms with Crippen LogP contribution in [0.4, 0.5) is 15.4 Å². The molecule has 2 heterocycles. The molecule has 0 atom stereocenters. The SMILES string of the molecule is CCOC(=O)n1nc(NC(=O)NCCCN(C)C)c2sc(C(=O)OC)cc21. The highest BCUT2D eigenvalue weighted by Crippen LogP contribution is 2.32. The number of urea groups is 1. The number of fused-ring (bicyclic) bond motifs is 1. The van der Waals surface area contributed by atoms with Crippen LogP contribution in [-0.4, -0.2) is 73.7 Å². The zero-order valence-corrected chi connectivity index (χ0v) is 16.5. The predicted molar refractivity (Wildman–Crippen MR) is 102 cm³/mol. The number of anilines is 1. The minimum Gasteiger partial charge on any atom is -0.465 e. The number of ether oxygens (including phenoxy) is 2. The number of carbonyl (C=O) groups excluding carboxylic acids is 3. The Labute approximate surface area is 160 Å². The second-order valence-electron chi connectivity index (χ2n) is 5.81. The highest BCUT2D eigenvalue weighted by molar-refractivity contribution is 7.21. The van der Waals surface area contributed by atoms with Crippen LogP contribution in [-0.2, 0) is 9.47 Å². The van der Waals surface area contributed by atoms with Gasteiger partial charge >= 0.3 is 18.1 Å². The summed E-state index contributed by atoms with van der Waals surface area (Å²) in [6.45, 7) is 3.18. The van der Waals surface area contributed by atoms with Crippen LogP contribution in [0.15, 0.2) is 6.07 Å². The maximum atomic E-state index is 12.1. The molecule has 0 unspecified atom stereocenters. The molecule has 0 aliphatic carbocycles. The van der Waals surface area contributed by atoms with E-state index in [0.717, 1.165) is 29.0 Å². The van der Waals surface area contributed by atoms with Gasteiger partial charge in [-0.1, -0.05) is 0 Å². The van der Waals surface area contributed by atoms with Gasteiger partial charge in [-0.05, 0) is 40.1 Å². The molecule has 0 saturated carbocycles. The van der Waals surface area contributed by atoms with Crippen molar-refractivity contribution in [1.82, 2.24) is 20.0 Å². The third kappa shape index (κ3) is 5.17. The Morgan fingerprint density at radius 2 is 2.07 bits per heavy atom. The summed E-state index contributed by atoms with van der Waals surface area (Å²) in [5.74, 6) is -0.367. The Morgan fingerprint density at radius 1 is 1.33 bits per heavy atom. The van der Waals surface area contributed by atoms with Crippen LogP contribution >= 0.6 is 11.3 Å². The lowest BCUT2D eigenvalue weighted by Crippen LogP contribution is -2.31. The van der Waals surface area contributed by atoms with Gasteiger partial charge in [-0.3, -0.25) is 5.32 Å². The smallest absolute Gasteiger partial charge is 0.435 e. The number of esters is 1. The second-order valence-corrected chi connectivity index (χ2v) is 6.87. The summed E-state index contributed by atoms with van der Waals surface area (Å²) in [6, 6.07) is 1.04. The Kier molecular flexibility index (Phi) is 7.13. The molecule has 27 heavy (non-hydrogen) atoms. The first-order chi connectivity index (χ1) is 12.9. The molecule has 0 aromatic carbocycles. The van der Waals surface area contributed by atoms with Crippen LogP contribution in [0.5, 0.6) is 0 Å². The van der Waals surface area contributed by atoms with Gasteiger partial charge in [0.1, 0.15) is 4.88 Å². The van der Waals surface area contributed by atoms with Crippen molar-refractivity contribution in [2.75, 3.05) is 46.2 Å². The number of nitrogens with one attached hydrogen (secondary N) is 2. The number of hydrogen-bond donors (Lipinski definition) is 2. The van der Waals surface area contributed by atoms with Crippen molar-refractivity contribution in [3.05, 3.63) is 10.9 Å². The lowest BCUT2D eigenvalue weighted by Gasteiger charge is -2.10. The minimum absolute atomic E-state index is 0.170. The molecular weight excluding hydrogens is 374 g/mol. The van der Waals surface area contributed by atoms with Gasteiger partial charge in [-0.15, -0.1) is 16.4 Å². The second kappa shape index (κ2) is 9.33. The van der Waals surface area contributed by atoms with Crippen LogP contribution in [0.1, 0.15) is 23.0 Å². The molecule has 2 rings (SSSR count). The number of nitrogens with zero attached hydrogens (tertiary/aromatic N) is 3. The monoisotopic (exact) mass is 397 g/mol. The summed E-state index contributed by atoms with van der Waals surface area (Å²) in [5, 5.41) is 9.45. The Morgan fingerprint density at radius 3 is 2.70 bits per heavy atom. The fourth-order valence-electron chi connectivity index (χ4n) is 2.26. The molecule has 0 saturated heterocycles. The summed E-state index contributed by atoms with van der Waals surface area (Å²) in [4.78, 5) is 38.3. The van der Waals surface area contributed by atoms with Crippen LogP contribution in [0.2, 0.25) is 0 Å². The van der Waals surface area contributed by atoms with E-state index in [1.165, 1.54) is 13.2 Å². The van der Waals surface area contributed by atoms with Gasteiger partial charge in [0.25, 0.3) is 0 Å². The minimum atomic E-state index is -0.698. The van der Waals surface area contributed by atoms with E-state index in [2.05, 4.69) is 15.7 Å². The molecule has 2 aromatic heterocycles. The average molecular weight is 397 g/mol. The van der Waals surface area contributed by atoms with E-state index in [9.17, 15) is 14.4 Å². The van der Waals surface area contributed by atoms with Crippen molar-refractivity contribution < 1.29 is 23.9 Å².